The monoisotopic (exact) mass is 416 g/mol. The summed E-state index contributed by atoms with van der Waals surface area (Å²) in [4.78, 5) is 24.1. The molecule has 1 saturated heterocycles. The molecule has 0 bridgehead atoms. The Hall–Kier alpha value is -3.12. The standard InChI is InChI=1S/C24H24N4OS/c1-17-7-8-18(2)20(16-17)26-12-14-28(15-13-26)24(29)22-21(27-10-3-4-11-27)19-6-5-9-25-23(19)30-22/h3-11,16H,12-15H2,1-2H3. The van der Waals surface area contributed by atoms with Crippen LogP contribution in [-0.4, -0.2) is 46.5 Å². The van der Waals surface area contributed by atoms with Crippen molar-refractivity contribution < 1.29 is 4.79 Å². The van der Waals surface area contributed by atoms with Gasteiger partial charge in [-0.15, -0.1) is 11.3 Å². The Balaban J connectivity index is 1.42. The molecule has 0 aliphatic carbocycles. The molecular weight excluding hydrogens is 392 g/mol. The Labute approximate surface area is 180 Å². The van der Waals surface area contributed by atoms with Crippen LogP contribution in [0.15, 0.2) is 61.1 Å². The summed E-state index contributed by atoms with van der Waals surface area (Å²) in [5, 5.41) is 1.02. The number of hydrogen-bond donors (Lipinski definition) is 0. The van der Waals surface area contributed by atoms with Gasteiger partial charge in [-0.2, -0.15) is 0 Å². The molecule has 152 valence electrons. The fourth-order valence-corrected chi connectivity index (χ4v) is 5.27. The van der Waals surface area contributed by atoms with E-state index in [1.54, 1.807) is 6.20 Å². The summed E-state index contributed by atoms with van der Waals surface area (Å²) in [6, 6.07) is 14.5. The third-order valence-corrected chi connectivity index (χ3v) is 6.86. The number of carbonyl (C=O) groups excluding carboxylic acids is 1. The van der Waals surface area contributed by atoms with Crippen LogP contribution in [-0.2, 0) is 0 Å². The molecule has 3 aromatic heterocycles. The summed E-state index contributed by atoms with van der Waals surface area (Å²) >= 11 is 1.49. The van der Waals surface area contributed by atoms with Crippen molar-refractivity contribution in [2.75, 3.05) is 31.1 Å². The van der Waals surface area contributed by atoms with E-state index in [0.717, 1.165) is 47.0 Å². The fraction of sp³-hybridized carbons (Fsp3) is 0.250. The van der Waals surface area contributed by atoms with Gasteiger partial charge in [0.15, 0.2) is 0 Å². The van der Waals surface area contributed by atoms with Crippen LogP contribution in [0.2, 0.25) is 0 Å². The number of aromatic nitrogens is 2. The zero-order valence-electron chi connectivity index (χ0n) is 17.2. The van der Waals surface area contributed by atoms with Crippen molar-refractivity contribution in [3.63, 3.8) is 0 Å². The zero-order chi connectivity index (χ0) is 20.7. The van der Waals surface area contributed by atoms with E-state index in [-0.39, 0.29) is 5.91 Å². The second-order valence-electron chi connectivity index (χ2n) is 7.80. The highest BCUT2D eigenvalue weighted by Gasteiger charge is 2.28. The summed E-state index contributed by atoms with van der Waals surface area (Å²) in [5.41, 5.74) is 4.77. The average molecular weight is 417 g/mol. The number of benzene rings is 1. The van der Waals surface area contributed by atoms with Crippen molar-refractivity contribution in [1.29, 1.82) is 0 Å². The number of piperazine rings is 1. The predicted molar refractivity (Wildman–Crippen MR) is 123 cm³/mol. The first-order chi connectivity index (χ1) is 14.6. The van der Waals surface area contributed by atoms with Crippen LogP contribution in [0.4, 0.5) is 5.69 Å². The van der Waals surface area contributed by atoms with Crippen LogP contribution < -0.4 is 4.90 Å². The molecule has 1 aliphatic rings. The normalized spacial score (nSPS) is 14.5. The van der Waals surface area contributed by atoms with E-state index in [4.69, 9.17) is 0 Å². The number of amides is 1. The first-order valence-corrected chi connectivity index (χ1v) is 11.1. The van der Waals surface area contributed by atoms with Crippen molar-refractivity contribution >= 4 is 33.1 Å². The molecule has 0 saturated carbocycles. The van der Waals surface area contributed by atoms with Crippen LogP contribution in [0, 0.1) is 13.8 Å². The molecule has 5 rings (SSSR count). The highest BCUT2D eigenvalue weighted by molar-refractivity contribution is 7.21. The van der Waals surface area contributed by atoms with Crippen LogP contribution in [0.3, 0.4) is 0 Å². The minimum atomic E-state index is 0.0994. The van der Waals surface area contributed by atoms with Gasteiger partial charge in [-0.05, 0) is 55.3 Å². The van der Waals surface area contributed by atoms with E-state index in [9.17, 15) is 4.79 Å². The lowest BCUT2D eigenvalue weighted by atomic mass is 10.1. The maximum atomic E-state index is 13.5. The molecule has 1 aromatic carbocycles. The van der Waals surface area contributed by atoms with Gasteiger partial charge < -0.3 is 14.4 Å². The van der Waals surface area contributed by atoms with Gasteiger partial charge in [0.05, 0.1) is 5.69 Å². The molecule has 6 heteroatoms. The molecule has 0 N–H and O–H groups in total. The van der Waals surface area contributed by atoms with Crippen LogP contribution in [0.25, 0.3) is 15.9 Å². The van der Waals surface area contributed by atoms with Crippen molar-refractivity contribution in [2.24, 2.45) is 0 Å². The lowest BCUT2D eigenvalue weighted by Crippen LogP contribution is -2.49. The molecule has 1 aliphatic heterocycles. The largest absolute Gasteiger partial charge is 0.368 e. The summed E-state index contributed by atoms with van der Waals surface area (Å²) in [7, 11) is 0. The highest BCUT2D eigenvalue weighted by atomic mass is 32.1. The number of hydrogen-bond acceptors (Lipinski definition) is 4. The highest BCUT2D eigenvalue weighted by Crippen LogP contribution is 2.34. The number of fused-ring (bicyclic) bond motifs is 1. The SMILES string of the molecule is Cc1ccc(C)c(N2CCN(C(=O)c3sc4ncccc4c3-n3cccc3)CC2)c1. The summed E-state index contributed by atoms with van der Waals surface area (Å²) in [6.45, 7) is 7.41. The summed E-state index contributed by atoms with van der Waals surface area (Å²) < 4.78 is 2.03. The first kappa shape index (κ1) is 18.9. The van der Waals surface area contributed by atoms with Crippen molar-refractivity contribution in [1.82, 2.24) is 14.5 Å². The van der Waals surface area contributed by atoms with Gasteiger partial charge >= 0.3 is 0 Å². The van der Waals surface area contributed by atoms with Gasteiger partial charge in [-0.25, -0.2) is 4.98 Å². The van der Waals surface area contributed by atoms with Crippen molar-refractivity contribution in [3.8, 4) is 5.69 Å². The van der Waals surface area contributed by atoms with Gasteiger partial charge in [0, 0.05) is 55.8 Å². The predicted octanol–water partition coefficient (Wildman–Crippen LogP) is 4.67. The molecular formula is C24H24N4OS. The number of nitrogens with zero attached hydrogens (tertiary/aromatic N) is 4. The smallest absolute Gasteiger partial charge is 0.266 e. The number of anilines is 1. The average Bonchev–Trinajstić information content (AvgIpc) is 3.42. The van der Waals surface area contributed by atoms with Gasteiger partial charge in [0.25, 0.3) is 5.91 Å². The molecule has 1 amide bonds. The van der Waals surface area contributed by atoms with E-state index < -0.39 is 0 Å². The molecule has 0 radical (unpaired) electrons. The molecule has 0 atom stereocenters. The third-order valence-electron chi connectivity index (χ3n) is 5.77. The Bertz CT molecular complexity index is 1200. The quantitative estimate of drug-likeness (QED) is 0.487. The number of thiophene rings is 1. The lowest BCUT2D eigenvalue weighted by molar-refractivity contribution is 0.0751. The van der Waals surface area contributed by atoms with Crippen LogP contribution >= 0.6 is 11.3 Å². The Morgan fingerprint density at radius 3 is 2.53 bits per heavy atom. The number of pyridine rings is 1. The molecule has 0 spiro atoms. The summed E-state index contributed by atoms with van der Waals surface area (Å²) in [6.07, 6.45) is 5.77. The fourth-order valence-electron chi connectivity index (χ4n) is 4.16. The topological polar surface area (TPSA) is 41.4 Å². The third kappa shape index (κ3) is 3.27. The molecule has 30 heavy (non-hydrogen) atoms. The molecule has 5 nitrogen and oxygen atoms in total. The molecule has 4 aromatic rings. The van der Waals surface area contributed by atoms with E-state index in [1.165, 1.54) is 28.2 Å². The second kappa shape index (κ2) is 7.61. The minimum absolute atomic E-state index is 0.0994. The van der Waals surface area contributed by atoms with Crippen LogP contribution in [0.5, 0.6) is 0 Å². The van der Waals surface area contributed by atoms with E-state index in [0.29, 0.717) is 0 Å². The number of rotatable bonds is 3. The number of carbonyl (C=O) groups is 1. The molecule has 4 heterocycles. The maximum Gasteiger partial charge on any atom is 0.266 e. The maximum absolute atomic E-state index is 13.5. The van der Waals surface area contributed by atoms with Gasteiger partial charge in [-0.1, -0.05) is 12.1 Å². The minimum Gasteiger partial charge on any atom is -0.368 e. The number of aryl methyl sites for hydroxylation is 2. The Morgan fingerprint density at radius 2 is 1.77 bits per heavy atom. The van der Waals surface area contributed by atoms with Crippen molar-refractivity contribution in [2.45, 2.75) is 13.8 Å². The molecule has 1 fully saturated rings. The van der Waals surface area contributed by atoms with Gasteiger partial charge in [0.2, 0.25) is 0 Å². The van der Waals surface area contributed by atoms with Crippen molar-refractivity contribution in [3.05, 3.63) is 77.1 Å². The second-order valence-corrected chi connectivity index (χ2v) is 8.79. The van der Waals surface area contributed by atoms with E-state index >= 15 is 0 Å². The Kier molecular flexibility index (Phi) is 4.79. The van der Waals surface area contributed by atoms with E-state index in [1.807, 2.05) is 46.1 Å². The van der Waals surface area contributed by atoms with E-state index in [2.05, 4.69) is 41.9 Å². The summed E-state index contributed by atoms with van der Waals surface area (Å²) in [5.74, 6) is 0.0994. The zero-order valence-corrected chi connectivity index (χ0v) is 18.0. The first-order valence-electron chi connectivity index (χ1n) is 10.2. The Morgan fingerprint density at radius 1 is 1.00 bits per heavy atom. The van der Waals surface area contributed by atoms with Gasteiger partial charge in [0.1, 0.15) is 9.71 Å². The lowest BCUT2D eigenvalue weighted by Gasteiger charge is -2.37. The van der Waals surface area contributed by atoms with Gasteiger partial charge in [-0.3, -0.25) is 4.79 Å². The van der Waals surface area contributed by atoms with Crippen LogP contribution in [0.1, 0.15) is 20.8 Å². The molecule has 0 unspecified atom stereocenters.